The zero-order valence-electron chi connectivity index (χ0n) is 17.2. The second kappa shape index (κ2) is 8.67. The summed E-state index contributed by atoms with van der Waals surface area (Å²) in [5.41, 5.74) is 4.06. The highest BCUT2D eigenvalue weighted by atomic mass is 16.5. The van der Waals surface area contributed by atoms with E-state index in [1.54, 1.807) is 4.68 Å². The topological polar surface area (TPSA) is 89.3 Å². The molecule has 0 bridgehead atoms. The number of carbonyl (C=O) groups excluding carboxylic acids is 1. The van der Waals surface area contributed by atoms with Gasteiger partial charge in [0.2, 0.25) is 0 Å². The number of aliphatic hydroxyl groups is 1. The van der Waals surface area contributed by atoms with Gasteiger partial charge >= 0.3 is 0 Å². The predicted molar refractivity (Wildman–Crippen MR) is 113 cm³/mol. The van der Waals surface area contributed by atoms with Crippen LogP contribution >= 0.6 is 0 Å². The number of hydrogen-bond acceptors (Lipinski definition) is 5. The summed E-state index contributed by atoms with van der Waals surface area (Å²) in [6.45, 7) is 4.10. The Labute approximate surface area is 175 Å². The van der Waals surface area contributed by atoms with Crippen molar-refractivity contribution in [1.29, 1.82) is 0 Å². The number of benzene rings is 2. The van der Waals surface area contributed by atoms with E-state index in [0.29, 0.717) is 11.6 Å². The molecular weight excluding hydrogens is 380 g/mol. The van der Waals surface area contributed by atoms with Crippen molar-refractivity contribution in [1.82, 2.24) is 20.3 Å². The van der Waals surface area contributed by atoms with Crippen LogP contribution in [0.4, 0.5) is 0 Å². The molecule has 1 aliphatic carbocycles. The number of ether oxygens (including phenoxy) is 1. The molecule has 3 aromatic rings. The maximum absolute atomic E-state index is 12.8. The normalized spacial score (nSPS) is 14.4. The number of aliphatic hydroxyl groups excluding tert-OH is 1. The summed E-state index contributed by atoms with van der Waals surface area (Å²) in [6.07, 6.45) is 1.21. The second-order valence-corrected chi connectivity index (χ2v) is 7.74. The summed E-state index contributed by atoms with van der Waals surface area (Å²) in [4.78, 5) is 12.8. The third kappa shape index (κ3) is 4.36. The fraction of sp³-hybridized carbons (Fsp3) is 0.348. The highest BCUT2D eigenvalue weighted by molar-refractivity contribution is 5.93. The first-order valence-electron chi connectivity index (χ1n) is 10.2. The zero-order chi connectivity index (χ0) is 21.1. The molecule has 0 aliphatic heterocycles. The van der Waals surface area contributed by atoms with E-state index >= 15 is 0 Å². The van der Waals surface area contributed by atoms with E-state index in [1.165, 1.54) is 0 Å². The first-order chi connectivity index (χ1) is 14.5. The Balaban J connectivity index is 1.39. The van der Waals surface area contributed by atoms with Gasteiger partial charge in [-0.2, -0.15) is 0 Å². The summed E-state index contributed by atoms with van der Waals surface area (Å²) >= 11 is 0. The van der Waals surface area contributed by atoms with Crippen LogP contribution in [-0.2, 0) is 0 Å². The molecule has 7 nitrogen and oxygen atoms in total. The SMILES string of the molecule is Cc1cccc(C)c1OCC(O)CNC(=O)c1nnn(-c2ccccc2)c1C1CC1. The maximum Gasteiger partial charge on any atom is 0.273 e. The van der Waals surface area contributed by atoms with E-state index in [2.05, 4.69) is 15.6 Å². The molecule has 30 heavy (non-hydrogen) atoms. The van der Waals surface area contributed by atoms with Gasteiger partial charge in [0.15, 0.2) is 5.69 Å². The van der Waals surface area contributed by atoms with Gasteiger partial charge in [-0.05, 0) is 49.9 Å². The van der Waals surface area contributed by atoms with E-state index in [1.807, 2.05) is 62.4 Å². The molecule has 2 aromatic carbocycles. The highest BCUT2D eigenvalue weighted by Gasteiger charge is 2.34. The molecule has 2 N–H and O–H groups in total. The Kier molecular flexibility index (Phi) is 5.81. The van der Waals surface area contributed by atoms with Crippen molar-refractivity contribution >= 4 is 5.91 Å². The number of nitrogens with zero attached hydrogens (tertiary/aromatic N) is 3. The fourth-order valence-corrected chi connectivity index (χ4v) is 3.49. The Morgan fingerprint density at radius 3 is 2.53 bits per heavy atom. The highest BCUT2D eigenvalue weighted by Crippen LogP contribution is 2.41. The van der Waals surface area contributed by atoms with Crippen LogP contribution in [0, 0.1) is 13.8 Å². The third-order valence-corrected chi connectivity index (χ3v) is 5.21. The van der Waals surface area contributed by atoms with Crippen LogP contribution in [0.5, 0.6) is 5.75 Å². The van der Waals surface area contributed by atoms with Gasteiger partial charge < -0.3 is 15.2 Å². The molecular formula is C23H26N4O3. The number of nitrogens with one attached hydrogen (secondary N) is 1. The van der Waals surface area contributed by atoms with Crippen molar-refractivity contribution in [3.63, 3.8) is 0 Å². The second-order valence-electron chi connectivity index (χ2n) is 7.74. The van der Waals surface area contributed by atoms with Crippen LogP contribution < -0.4 is 10.1 Å². The van der Waals surface area contributed by atoms with Gasteiger partial charge in [-0.1, -0.05) is 41.6 Å². The summed E-state index contributed by atoms with van der Waals surface area (Å²) in [7, 11) is 0. The lowest BCUT2D eigenvalue weighted by molar-refractivity contribution is 0.0837. The minimum Gasteiger partial charge on any atom is -0.490 e. The Morgan fingerprint density at radius 1 is 1.17 bits per heavy atom. The Morgan fingerprint density at radius 2 is 1.87 bits per heavy atom. The van der Waals surface area contributed by atoms with Crippen LogP contribution in [0.2, 0.25) is 0 Å². The van der Waals surface area contributed by atoms with Gasteiger partial charge in [-0.3, -0.25) is 4.79 Å². The maximum atomic E-state index is 12.8. The van der Waals surface area contributed by atoms with E-state index in [4.69, 9.17) is 4.74 Å². The molecule has 1 atom stereocenters. The number of carbonyl (C=O) groups is 1. The largest absolute Gasteiger partial charge is 0.490 e. The fourth-order valence-electron chi connectivity index (χ4n) is 3.49. The van der Waals surface area contributed by atoms with Crippen LogP contribution in [-0.4, -0.2) is 45.3 Å². The minimum absolute atomic E-state index is 0.0755. The van der Waals surface area contributed by atoms with Gasteiger partial charge in [0, 0.05) is 12.5 Å². The lowest BCUT2D eigenvalue weighted by Gasteiger charge is -2.16. The Bertz CT molecular complexity index is 1010. The number of hydrogen-bond donors (Lipinski definition) is 2. The average molecular weight is 406 g/mol. The third-order valence-electron chi connectivity index (χ3n) is 5.21. The monoisotopic (exact) mass is 406 g/mol. The van der Waals surface area contributed by atoms with E-state index in [-0.39, 0.29) is 19.1 Å². The molecule has 0 spiro atoms. The van der Waals surface area contributed by atoms with Gasteiger partial charge in [0.1, 0.15) is 18.5 Å². The molecule has 0 saturated heterocycles. The summed E-state index contributed by atoms with van der Waals surface area (Å²) in [5, 5.41) is 21.4. The predicted octanol–water partition coefficient (Wildman–Crippen LogP) is 2.93. The van der Waals surface area contributed by atoms with Crippen molar-refractivity contribution in [2.45, 2.75) is 38.7 Å². The molecule has 1 unspecified atom stereocenters. The smallest absolute Gasteiger partial charge is 0.273 e. The first kappa shape index (κ1) is 20.1. The number of aryl methyl sites for hydroxylation is 2. The average Bonchev–Trinajstić information content (AvgIpc) is 3.50. The van der Waals surface area contributed by atoms with E-state index < -0.39 is 6.10 Å². The van der Waals surface area contributed by atoms with E-state index in [9.17, 15) is 9.90 Å². The molecule has 156 valence electrons. The quantitative estimate of drug-likeness (QED) is 0.600. The van der Waals surface area contributed by atoms with Gasteiger partial charge in [0.25, 0.3) is 5.91 Å². The summed E-state index contributed by atoms with van der Waals surface area (Å²) in [5.74, 6) is 0.730. The van der Waals surface area contributed by atoms with Crippen molar-refractivity contribution in [2.75, 3.05) is 13.2 Å². The van der Waals surface area contributed by atoms with Crippen LogP contribution in [0.25, 0.3) is 5.69 Å². The number of para-hydroxylation sites is 2. The van der Waals surface area contributed by atoms with Crippen molar-refractivity contribution in [3.8, 4) is 11.4 Å². The zero-order valence-corrected chi connectivity index (χ0v) is 17.2. The van der Waals surface area contributed by atoms with Gasteiger partial charge in [-0.25, -0.2) is 4.68 Å². The molecule has 4 rings (SSSR count). The van der Waals surface area contributed by atoms with Crippen molar-refractivity contribution < 1.29 is 14.6 Å². The van der Waals surface area contributed by atoms with Gasteiger partial charge in [-0.15, -0.1) is 5.10 Å². The lowest BCUT2D eigenvalue weighted by atomic mass is 10.1. The Hall–Kier alpha value is -3.19. The van der Waals surface area contributed by atoms with Gasteiger partial charge in [0.05, 0.1) is 11.4 Å². The molecule has 1 aliphatic rings. The number of amides is 1. The summed E-state index contributed by atoms with van der Waals surface area (Å²) < 4.78 is 7.51. The number of rotatable bonds is 8. The van der Waals surface area contributed by atoms with Crippen LogP contribution in [0.15, 0.2) is 48.5 Å². The van der Waals surface area contributed by atoms with Crippen molar-refractivity contribution in [2.24, 2.45) is 0 Å². The lowest BCUT2D eigenvalue weighted by Crippen LogP contribution is -2.36. The molecule has 0 radical (unpaired) electrons. The number of aromatic nitrogens is 3. The molecule has 1 fully saturated rings. The molecule has 1 aromatic heterocycles. The molecule has 1 heterocycles. The molecule has 1 amide bonds. The van der Waals surface area contributed by atoms with Crippen LogP contribution in [0.3, 0.4) is 0 Å². The summed E-state index contributed by atoms with van der Waals surface area (Å²) in [6, 6.07) is 15.6. The van der Waals surface area contributed by atoms with E-state index in [0.717, 1.165) is 41.1 Å². The van der Waals surface area contributed by atoms with Crippen LogP contribution in [0.1, 0.15) is 46.1 Å². The standard InChI is InChI=1S/C23H26N4O3/c1-15-7-6-8-16(2)22(15)30-14-19(28)13-24-23(29)20-21(17-11-12-17)27(26-25-20)18-9-4-3-5-10-18/h3-10,17,19,28H,11-14H2,1-2H3,(H,24,29). The molecule has 7 heteroatoms. The minimum atomic E-state index is -0.832. The molecule has 1 saturated carbocycles. The van der Waals surface area contributed by atoms with Crippen molar-refractivity contribution in [3.05, 3.63) is 71.0 Å². The first-order valence-corrected chi connectivity index (χ1v) is 10.2.